The number of aromatic nitrogens is 2. The molecule has 0 saturated heterocycles. The topological polar surface area (TPSA) is 101 Å². The Balaban J connectivity index is 2.79. The SMILES string of the molecule is COc1ccc(Cl)cc1-n1cc(C(=O)O)c(=O)[nH]c1=O. The summed E-state index contributed by atoms with van der Waals surface area (Å²) in [5, 5.41) is 9.25. The summed E-state index contributed by atoms with van der Waals surface area (Å²) >= 11 is 5.85. The number of carbonyl (C=O) groups is 1. The Morgan fingerprint density at radius 2 is 2.10 bits per heavy atom. The number of rotatable bonds is 3. The summed E-state index contributed by atoms with van der Waals surface area (Å²) in [5.41, 5.74) is -2.10. The Morgan fingerprint density at radius 1 is 1.40 bits per heavy atom. The van der Waals surface area contributed by atoms with Gasteiger partial charge in [-0.3, -0.25) is 14.3 Å². The fourth-order valence-electron chi connectivity index (χ4n) is 1.65. The van der Waals surface area contributed by atoms with E-state index in [0.717, 1.165) is 10.8 Å². The standard InChI is InChI=1S/C12H9ClN2O5/c1-20-9-3-2-6(13)4-8(9)15-5-7(11(17)18)10(16)14-12(15)19/h2-5H,1H3,(H,17,18)(H,14,16,19). The van der Waals surface area contributed by atoms with Crippen LogP contribution in [0, 0.1) is 0 Å². The predicted molar refractivity (Wildman–Crippen MR) is 71.2 cm³/mol. The lowest BCUT2D eigenvalue weighted by atomic mass is 10.2. The number of H-pyrrole nitrogens is 1. The van der Waals surface area contributed by atoms with E-state index >= 15 is 0 Å². The molecule has 0 bridgehead atoms. The molecule has 0 unspecified atom stereocenters. The van der Waals surface area contributed by atoms with Crippen molar-refractivity contribution in [3.05, 3.63) is 55.8 Å². The third-order valence-electron chi connectivity index (χ3n) is 2.57. The zero-order chi connectivity index (χ0) is 14.9. The average molecular weight is 297 g/mol. The molecule has 0 aliphatic rings. The first kappa shape index (κ1) is 13.9. The van der Waals surface area contributed by atoms with Gasteiger partial charge in [0, 0.05) is 11.2 Å². The highest BCUT2D eigenvalue weighted by Crippen LogP contribution is 2.25. The highest BCUT2D eigenvalue weighted by molar-refractivity contribution is 6.30. The second-order valence-electron chi connectivity index (χ2n) is 3.79. The molecule has 20 heavy (non-hydrogen) atoms. The quantitative estimate of drug-likeness (QED) is 0.875. The van der Waals surface area contributed by atoms with Crippen molar-refractivity contribution in [3.8, 4) is 11.4 Å². The van der Waals surface area contributed by atoms with Crippen LogP contribution < -0.4 is 16.0 Å². The lowest BCUT2D eigenvalue weighted by Gasteiger charge is -2.11. The number of methoxy groups -OCH3 is 1. The van der Waals surface area contributed by atoms with Crippen LogP contribution in [0.25, 0.3) is 5.69 Å². The number of aromatic amines is 1. The summed E-state index contributed by atoms with van der Waals surface area (Å²) in [5.74, 6) is -1.14. The third kappa shape index (κ3) is 2.43. The smallest absolute Gasteiger partial charge is 0.342 e. The van der Waals surface area contributed by atoms with Crippen LogP contribution in [0.2, 0.25) is 5.02 Å². The normalized spacial score (nSPS) is 10.3. The van der Waals surface area contributed by atoms with Gasteiger partial charge in [0.1, 0.15) is 11.3 Å². The van der Waals surface area contributed by atoms with Crippen molar-refractivity contribution in [2.75, 3.05) is 7.11 Å². The second-order valence-corrected chi connectivity index (χ2v) is 4.23. The number of nitrogens with zero attached hydrogens (tertiary/aromatic N) is 1. The van der Waals surface area contributed by atoms with Crippen LogP contribution in [0.4, 0.5) is 0 Å². The van der Waals surface area contributed by atoms with E-state index in [1.165, 1.54) is 19.2 Å². The van der Waals surface area contributed by atoms with Crippen LogP contribution in [-0.2, 0) is 0 Å². The number of nitrogens with one attached hydrogen (secondary N) is 1. The summed E-state index contributed by atoms with van der Waals surface area (Å²) in [6.07, 6.45) is 0.928. The van der Waals surface area contributed by atoms with E-state index in [9.17, 15) is 14.4 Å². The number of ether oxygens (including phenoxy) is 1. The van der Waals surface area contributed by atoms with Crippen molar-refractivity contribution >= 4 is 17.6 Å². The van der Waals surface area contributed by atoms with Gasteiger partial charge in [-0.05, 0) is 18.2 Å². The van der Waals surface area contributed by atoms with Crippen molar-refractivity contribution in [1.29, 1.82) is 0 Å². The van der Waals surface area contributed by atoms with Crippen LogP contribution in [0.15, 0.2) is 34.0 Å². The number of hydrogen-bond donors (Lipinski definition) is 2. The monoisotopic (exact) mass is 296 g/mol. The van der Waals surface area contributed by atoms with Gasteiger partial charge < -0.3 is 9.84 Å². The highest BCUT2D eigenvalue weighted by atomic mass is 35.5. The molecule has 0 spiro atoms. The highest BCUT2D eigenvalue weighted by Gasteiger charge is 2.15. The van der Waals surface area contributed by atoms with E-state index in [-0.39, 0.29) is 5.69 Å². The van der Waals surface area contributed by atoms with Crippen molar-refractivity contribution in [2.45, 2.75) is 0 Å². The number of halogens is 1. The molecule has 2 rings (SSSR count). The number of carboxylic acid groups (broad SMARTS) is 1. The first-order chi connectivity index (χ1) is 9.43. The second kappa shape index (κ2) is 5.22. The molecule has 1 heterocycles. The van der Waals surface area contributed by atoms with Gasteiger partial charge in [0.15, 0.2) is 0 Å². The van der Waals surface area contributed by atoms with Gasteiger partial charge >= 0.3 is 11.7 Å². The van der Waals surface area contributed by atoms with Gasteiger partial charge in [-0.15, -0.1) is 0 Å². The molecular weight excluding hydrogens is 288 g/mol. The number of aromatic carboxylic acids is 1. The van der Waals surface area contributed by atoms with E-state index in [4.69, 9.17) is 21.4 Å². The molecule has 0 aliphatic carbocycles. The van der Waals surface area contributed by atoms with Crippen molar-refractivity contribution < 1.29 is 14.6 Å². The van der Waals surface area contributed by atoms with E-state index in [2.05, 4.69) is 0 Å². The number of hydrogen-bond acceptors (Lipinski definition) is 4. The van der Waals surface area contributed by atoms with Crippen LogP contribution in [0.3, 0.4) is 0 Å². The molecule has 1 aromatic heterocycles. The lowest BCUT2D eigenvalue weighted by molar-refractivity contribution is 0.0694. The average Bonchev–Trinajstić information content (AvgIpc) is 2.38. The third-order valence-corrected chi connectivity index (χ3v) is 2.81. The first-order valence-corrected chi connectivity index (χ1v) is 5.75. The maximum atomic E-state index is 11.8. The molecule has 1 aromatic carbocycles. The summed E-state index contributed by atoms with van der Waals surface area (Å²) in [7, 11) is 1.39. The Morgan fingerprint density at radius 3 is 2.70 bits per heavy atom. The fraction of sp³-hybridized carbons (Fsp3) is 0.0833. The Labute approximate surface area is 117 Å². The molecular formula is C12H9ClN2O5. The van der Waals surface area contributed by atoms with Crippen molar-refractivity contribution in [1.82, 2.24) is 9.55 Å². The molecule has 7 nitrogen and oxygen atoms in total. The fourth-order valence-corrected chi connectivity index (χ4v) is 1.82. The zero-order valence-corrected chi connectivity index (χ0v) is 11.0. The molecule has 2 aromatic rings. The zero-order valence-electron chi connectivity index (χ0n) is 10.2. The van der Waals surface area contributed by atoms with Gasteiger partial charge in [0.2, 0.25) is 0 Å². The Hall–Kier alpha value is -2.54. The van der Waals surface area contributed by atoms with Crippen molar-refractivity contribution in [3.63, 3.8) is 0 Å². The number of carboxylic acids is 1. The van der Waals surface area contributed by atoms with Gasteiger partial charge in [-0.25, -0.2) is 9.59 Å². The van der Waals surface area contributed by atoms with Gasteiger partial charge in [0.05, 0.1) is 12.8 Å². The van der Waals surface area contributed by atoms with Gasteiger partial charge in [0.25, 0.3) is 5.56 Å². The molecule has 0 saturated carbocycles. The van der Waals surface area contributed by atoms with Gasteiger partial charge in [-0.1, -0.05) is 11.6 Å². The molecule has 0 fully saturated rings. The van der Waals surface area contributed by atoms with E-state index in [1.807, 2.05) is 4.98 Å². The minimum absolute atomic E-state index is 0.226. The molecule has 0 radical (unpaired) electrons. The molecule has 104 valence electrons. The summed E-state index contributed by atoms with van der Waals surface area (Å²) in [6, 6.07) is 4.50. The Bertz CT molecular complexity index is 793. The predicted octanol–water partition coefficient (Wildman–Crippen LogP) is 0.886. The van der Waals surface area contributed by atoms with Crippen LogP contribution in [0.5, 0.6) is 5.75 Å². The maximum Gasteiger partial charge on any atom is 0.342 e. The van der Waals surface area contributed by atoms with Gasteiger partial charge in [-0.2, -0.15) is 0 Å². The van der Waals surface area contributed by atoms with E-state index in [0.29, 0.717) is 10.8 Å². The maximum absolute atomic E-state index is 11.8. The Kier molecular flexibility index (Phi) is 3.62. The van der Waals surface area contributed by atoms with Crippen LogP contribution >= 0.6 is 11.6 Å². The van der Waals surface area contributed by atoms with Crippen molar-refractivity contribution in [2.24, 2.45) is 0 Å². The summed E-state index contributed by atoms with van der Waals surface area (Å²) in [4.78, 5) is 36.1. The molecule has 0 atom stereocenters. The first-order valence-electron chi connectivity index (χ1n) is 5.37. The van der Waals surface area contributed by atoms with Crippen LogP contribution in [0.1, 0.15) is 10.4 Å². The van der Waals surface area contributed by atoms with E-state index in [1.54, 1.807) is 6.07 Å². The molecule has 8 heteroatoms. The molecule has 0 aliphatic heterocycles. The minimum atomic E-state index is -1.44. The molecule has 2 N–H and O–H groups in total. The largest absolute Gasteiger partial charge is 0.495 e. The molecule has 0 amide bonds. The van der Waals surface area contributed by atoms with E-state index < -0.39 is 22.8 Å². The summed E-state index contributed by atoms with van der Waals surface area (Å²) < 4.78 is 6.04. The number of benzene rings is 1. The van der Waals surface area contributed by atoms with Crippen LogP contribution in [-0.4, -0.2) is 27.7 Å². The lowest BCUT2D eigenvalue weighted by Crippen LogP contribution is -2.32. The minimum Gasteiger partial charge on any atom is -0.495 e. The summed E-state index contributed by atoms with van der Waals surface area (Å²) in [6.45, 7) is 0.